The van der Waals surface area contributed by atoms with Crippen LogP contribution in [0.3, 0.4) is 0 Å². The molecule has 2 aromatic rings. The normalized spacial score (nSPS) is 21.9. The number of hydrogen-bond donors (Lipinski definition) is 0. The van der Waals surface area contributed by atoms with Crippen molar-refractivity contribution in [3.63, 3.8) is 0 Å². The molecule has 0 N–H and O–H groups in total. The summed E-state index contributed by atoms with van der Waals surface area (Å²) in [5.74, 6) is 0.270. The van der Waals surface area contributed by atoms with E-state index in [0.29, 0.717) is 11.5 Å². The van der Waals surface area contributed by atoms with E-state index in [1.807, 2.05) is 12.1 Å². The van der Waals surface area contributed by atoms with Gasteiger partial charge in [-0.15, -0.1) is 0 Å². The summed E-state index contributed by atoms with van der Waals surface area (Å²) >= 11 is 0. The Bertz CT molecular complexity index is 688. The van der Waals surface area contributed by atoms with Gasteiger partial charge in [-0.25, -0.2) is 9.37 Å². The summed E-state index contributed by atoms with van der Waals surface area (Å²) in [6, 6.07) is 9.43. The summed E-state index contributed by atoms with van der Waals surface area (Å²) in [5, 5.41) is 0. The zero-order valence-electron chi connectivity index (χ0n) is 15.1. The van der Waals surface area contributed by atoms with E-state index in [1.165, 1.54) is 56.4 Å². The predicted octanol–water partition coefficient (Wildman–Crippen LogP) is 6.74. The Morgan fingerprint density at radius 2 is 1.72 bits per heavy atom. The lowest BCUT2D eigenvalue weighted by Crippen LogP contribution is -2.19. The van der Waals surface area contributed by atoms with Gasteiger partial charge in [0, 0.05) is 11.8 Å². The first kappa shape index (κ1) is 18.0. The Balaban J connectivity index is 1.66. The van der Waals surface area contributed by atoms with E-state index in [-0.39, 0.29) is 0 Å². The number of benzene rings is 1. The summed E-state index contributed by atoms with van der Waals surface area (Å²) < 4.78 is 26.3. The number of pyridine rings is 1. The third-order valence-electron chi connectivity index (χ3n) is 5.86. The van der Waals surface area contributed by atoms with Crippen LogP contribution in [-0.4, -0.2) is 4.98 Å². The maximum Gasteiger partial charge on any atom is 0.248 e. The van der Waals surface area contributed by atoms with Crippen molar-refractivity contribution in [1.82, 2.24) is 4.98 Å². The molecule has 1 atom stereocenters. The van der Waals surface area contributed by atoms with E-state index in [4.69, 9.17) is 0 Å². The number of hydrogen-bond acceptors (Lipinski definition) is 1. The zero-order chi connectivity index (χ0) is 17.8. The quantitative estimate of drug-likeness (QED) is 0.548. The molecule has 25 heavy (non-hydrogen) atoms. The topological polar surface area (TPSA) is 12.9 Å². The molecule has 1 aliphatic rings. The second-order valence-electron chi connectivity index (χ2n) is 7.48. The van der Waals surface area contributed by atoms with Crippen LogP contribution in [0.4, 0.5) is 8.78 Å². The molecule has 1 heterocycles. The third kappa shape index (κ3) is 4.26. The molecule has 3 rings (SSSR count). The first-order valence-corrected chi connectivity index (χ1v) is 9.49. The molecule has 1 aromatic heterocycles. The summed E-state index contributed by atoms with van der Waals surface area (Å²) in [6.07, 6.45) is 9.42. The van der Waals surface area contributed by atoms with E-state index >= 15 is 0 Å². The SMILES string of the molecule is CCCC1CCC(C(C)c2ccc(-c3cnc(F)c(F)c3)cc2)CC1. The highest BCUT2D eigenvalue weighted by Crippen LogP contribution is 2.39. The average molecular weight is 343 g/mol. The van der Waals surface area contributed by atoms with Crippen molar-refractivity contribution < 1.29 is 8.78 Å². The maximum atomic E-state index is 13.4. The summed E-state index contributed by atoms with van der Waals surface area (Å²) in [6.45, 7) is 4.59. The van der Waals surface area contributed by atoms with Crippen LogP contribution in [0.1, 0.15) is 63.9 Å². The van der Waals surface area contributed by atoms with Crippen molar-refractivity contribution in [3.8, 4) is 11.1 Å². The van der Waals surface area contributed by atoms with Crippen molar-refractivity contribution in [2.45, 2.75) is 58.3 Å². The Labute approximate surface area is 149 Å². The van der Waals surface area contributed by atoms with Crippen molar-refractivity contribution >= 4 is 0 Å². The summed E-state index contributed by atoms with van der Waals surface area (Å²) in [7, 11) is 0. The number of aromatic nitrogens is 1. The molecule has 0 amide bonds. The Morgan fingerprint density at radius 1 is 1.04 bits per heavy atom. The minimum Gasteiger partial charge on any atom is -0.225 e. The van der Waals surface area contributed by atoms with E-state index in [1.54, 1.807) is 0 Å². The molecule has 1 aliphatic carbocycles. The smallest absolute Gasteiger partial charge is 0.225 e. The van der Waals surface area contributed by atoms with Gasteiger partial charge in [-0.3, -0.25) is 0 Å². The molecule has 0 bridgehead atoms. The monoisotopic (exact) mass is 343 g/mol. The van der Waals surface area contributed by atoms with Gasteiger partial charge < -0.3 is 0 Å². The van der Waals surface area contributed by atoms with E-state index in [9.17, 15) is 8.78 Å². The van der Waals surface area contributed by atoms with Crippen LogP contribution < -0.4 is 0 Å². The van der Waals surface area contributed by atoms with Gasteiger partial charge in [-0.1, -0.05) is 63.8 Å². The van der Waals surface area contributed by atoms with Crippen LogP contribution in [0.5, 0.6) is 0 Å². The summed E-state index contributed by atoms with van der Waals surface area (Å²) in [5.41, 5.74) is 2.81. The van der Waals surface area contributed by atoms with Crippen LogP contribution in [-0.2, 0) is 0 Å². The second-order valence-corrected chi connectivity index (χ2v) is 7.48. The van der Waals surface area contributed by atoms with Gasteiger partial charge in [0.2, 0.25) is 5.95 Å². The van der Waals surface area contributed by atoms with Crippen LogP contribution in [0.15, 0.2) is 36.5 Å². The molecule has 3 heteroatoms. The molecule has 1 unspecified atom stereocenters. The van der Waals surface area contributed by atoms with E-state index < -0.39 is 11.8 Å². The molecule has 1 fully saturated rings. The predicted molar refractivity (Wildman–Crippen MR) is 98.4 cm³/mol. The molecule has 1 nitrogen and oxygen atoms in total. The summed E-state index contributed by atoms with van der Waals surface area (Å²) in [4.78, 5) is 3.47. The lowest BCUT2D eigenvalue weighted by Gasteiger charge is -2.32. The average Bonchev–Trinajstić information content (AvgIpc) is 2.64. The first-order valence-electron chi connectivity index (χ1n) is 9.49. The van der Waals surface area contributed by atoms with Gasteiger partial charge in [0.15, 0.2) is 5.82 Å². The Morgan fingerprint density at radius 3 is 2.32 bits per heavy atom. The van der Waals surface area contributed by atoms with Gasteiger partial charge in [0.1, 0.15) is 0 Å². The van der Waals surface area contributed by atoms with Crippen LogP contribution in [0.2, 0.25) is 0 Å². The second kappa shape index (κ2) is 8.07. The maximum absolute atomic E-state index is 13.4. The molecule has 0 spiro atoms. The molecular weight excluding hydrogens is 316 g/mol. The van der Waals surface area contributed by atoms with Gasteiger partial charge in [0.05, 0.1) is 0 Å². The van der Waals surface area contributed by atoms with E-state index in [2.05, 4.69) is 31.0 Å². The lowest BCUT2D eigenvalue weighted by atomic mass is 9.73. The van der Waals surface area contributed by atoms with E-state index in [0.717, 1.165) is 17.4 Å². The molecule has 0 radical (unpaired) electrons. The fourth-order valence-electron chi connectivity index (χ4n) is 4.22. The highest BCUT2D eigenvalue weighted by atomic mass is 19.2. The zero-order valence-corrected chi connectivity index (χ0v) is 15.1. The molecule has 134 valence electrons. The lowest BCUT2D eigenvalue weighted by molar-refractivity contribution is 0.239. The number of rotatable bonds is 5. The standard InChI is InChI=1S/C22H27F2N/c1-3-4-16-5-7-17(8-6-16)15(2)18-9-11-19(12-10-18)20-13-21(23)22(24)25-14-20/h9-17H,3-8H2,1-2H3. The van der Waals surface area contributed by atoms with Crippen LogP contribution in [0, 0.1) is 23.6 Å². The highest BCUT2D eigenvalue weighted by molar-refractivity contribution is 5.62. The fraction of sp³-hybridized carbons (Fsp3) is 0.500. The molecule has 1 saturated carbocycles. The molecule has 1 aromatic carbocycles. The number of nitrogens with zero attached hydrogens (tertiary/aromatic N) is 1. The van der Waals surface area contributed by atoms with Gasteiger partial charge >= 0.3 is 0 Å². The van der Waals surface area contributed by atoms with Crippen LogP contribution >= 0.6 is 0 Å². The van der Waals surface area contributed by atoms with Crippen molar-refractivity contribution in [2.75, 3.05) is 0 Å². The Kier molecular flexibility index (Phi) is 5.82. The van der Waals surface area contributed by atoms with Crippen LogP contribution in [0.25, 0.3) is 11.1 Å². The molecule has 0 saturated heterocycles. The third-order valence-corrected chi connectivity index (χ3v) is 5.86. The highest BCUT2D eigenvalue weighted by Gasteiger charge is 2.25. The van der Waals surface area contributed by atoms with Crippen molar-refractivity contribution in [2.24, 2.45) is 11.8 Å². The molecular formula is C22H27F2N. The fourth-order valence-corrected chi connectivity index (χ4v) is 4.22. The Hall–Kier alpha value is -1.77. The first-order chi connectivity index (χ1) is 12.1. The largest absolute Gasteiger partial charge is 0.248 e. The van der Waals surface area contributed by atoms with Gasteiger partial charge in [-0.2, -0.15) is 4.39 Å². The number of halogens is 2. The van der Waals surface area contributed by atoms with Crippen molar-refractivity contribution in [3.05, 3.63) is 53.9 Å². The minimum absolute atomic E-state index is 0.541. The van der Waals surface area contributed by atoms with Gasteiger partial charge in [0.25, 0.3) is 0 Å². The van der Waals surface area contributed by atoms with Gasteiger partial charge in [-0.05, 0) is 47.8 Å². The minimum atomic E-state index is -1.05. The molecule has 0 aliphatic heterocycles. The van der Waals surface area contributed by atoms with Crippen molar-refractivity contribution in [1.29, 1.82) is 0 Å².